The number of nitrogens with one attached hydrogen (secondary N) is 1. The van der Waals surface area contributed by atoms with E-state index in [0.29, 0.717) is 30.6 Å². The summed E-state index contributed by atoms with van der Waals surface area (Å²) in [5.41, 5.74) is 0.632. The van der Waals surface area contributed by atoms with Gasteiger partial charge in [-0.1, -0.05) is 34.1 Å². The number of nitrogens with zero attached hydrogens (tertiary/aromatic N) is 1. The second-order valence-corrected chi connectivity index (χ2v) is 9.41. The van der Waals surface area contributed by atoms with E-state index in [1.807, 2.05) is 13.8 Å². The standard InChI is InChI=1S/C19H30N2O3S/c1-5-6-16(4)19(22)20-17-7-9-18(10-8-17)25(23,24)21-12-14(2)11-15(3)13-21/h7-10,14-16H,5-6,11-13H2,1-4H3,(H,20,22). The van der Waals surface area contributed by atoms with Crippen LogP contribution >= 0.6 is 0 Å². The van der Waals surface area contributed by atoms with Gasteiger partial charge in [0.25, 0.3) is 0 Å². The van der Waals surface area contributed by atoms with Crippen molar-refractivity contribution in [3.63, 3.8) is 0 Å². The monoisotopic (exact) mass is 366 g/mol. The number of benzene rings is 1. The number of hydrogen-bond acceptors (Lipinski definition) is 3. The average molecular weight is 367 g/mol. The van der Waals surface area contributed by atoms with Gasteiger partial charge < -0.3 is 5.32 Å². The maximum atomic E-state index is 12.8. The molecular weight excluding hydrogens is 336 g/mol. The minimum Gasteiger partial charge on any atom is -0.326 e. The van der Waals surface area contributed by atoms with E-state index in [-0.39, 0.29) is 16.7 Å². The van der Waals surface area contributed by atoms with E-state index in [0.717, 1.165) is 19.3 Å². The summed E-state index contributed by atoms with van der Waals surface area (Å²) >= 11 is 0. The van der Waals surface area contributed by atoms with E-state index in [9.17, 15) is 13.2 Å². The van der Waals surface area contributed by atoms with E-state index in [2.05, 4.69) is 19.2 Å². The van der Waals surface area contributed by atoms with Gasteiger partial charge in [0.05, 0.1) is 4.90 Å². The Morgan fingerprint density at radius 3 is 2.28 bits per heavy atom. The van der Waals surface area contributed by atoms with Crippen molar-refractivity contribution in [1.82, 2.24) is 4.31 Å². The molecule has 1 aliphatic rings. The molecule has 3 unspecified atom stereocenters. The number of piperidine rings is 1. The number of anilines is 1. The van der Waals surface area contributed by atoms with Crippen molar-refractivity contribution in [2.24, 2.45) is 17.8 Å². The second kappa shape index (κ2) is 8.32. The van der Waals surface area contributed by atoms with Crippen LogP contribution in [0, 0.1) is 17.8 Å². The Kier molecular flexibility index (Phi) is 6.63. The van der Waals surface area contributed by atoms with Crippen LogP contribution in [0.3, 0.4) is 0 Å². The minimum absolute atomic E-state index is 0.0314. The molecule has 0 aromatic heterocycles. The number of sulfonamides is 1. The Morgan fingerprint density at radius 2 is 1.76 bits per heavy atom. The summed E-state index contributed by atoms with van der Waals surface area (Å²) in [5, 5.41) is 2.85. The summed E-state index contributed by atoms with van der Waals surface area (Å²) in [6.07, 6.45) is 2.86. The van der Waals surface area contributed by atoms with Crippen LogP contribution in [-0.4, -0.2) is 31.7 Å². The zero-order valence-corrected chi connectivity index (χ0v) is 16.5. The third-order valence-corrected chi connectivity index (χ3v) is 6.61. The Labute approximate surface area is 151 Å². The molecule has 5 nitrogen and oxygen atoms in total. The van der Waals surface area contributed by atoms with Crippen molar-refractivity contribution in [2.45, 2.75) is 51.9 Å². The van der Waals surface area contributed by atoms with Crippen LogP contribution in [0.1, 0.15) is 47.0 Å². The molecule has 1 heterocycles. The summed E-state index contributed by atoms with van der Waals surface area (Å²) in [5.74, 6) is 0.662. The van der Waals surface area contributed by atoms with Crippen LogP contribution in [0.4, 0.5) is 5.69 Å². The Bertz CT molecular complexity index is 675. The van der Waals surface area contributed by atoms with Crippen molar-refractivity contribution in [2.75, 3.05) is 18.4 Å². The predicted octanol–water partition coefficient (Wildman–Crippen LogP) is 3.73. The van der Waals surface area contributed by atoms with Gasteiger partial charge in [0.2, 0.25) is 15.9 Å². The Balaban J connectivity index is 2.09. The van der Waals surface area contributed by atoms with Crippen molar-refractivity contribution in [1.29, 1.82) is 0 Å². The number of carbonyl (C=O) groups is 1. The third kappa shape index (κ3) is 5.05. The van der Waals surface area contributed by atoms with Crippen LogP contribution in [-0.2, 0) is 14.8 Å². The number of hydrogen-bond donors (Lipinski definition) is 1. The predicted molar refractivity (Wildman–Crippen MR) is 101 cm³/mol. The summed E-state index contributed by atoms with van der Waals surface area (Å²) in [6, 6.07) is 6.50. The molecule has 0 radical (unpaired) electrons. The smallest absolute Gasteiger partial charge is 0.243 e. The highest BCUT2D eigenvalue weighted by atomic mass is 32.2. The van der Waals surface area contributed by atoms with Crippen LogP contribution in [0.2, 0.25) is 0 Å². The lowest BCUT2D eigenvalue weighted by Crippen LogP contribution is -2.42. The highest BCUT2D eigenvalue weighted by molar-refractivity contribution is 7.89. The largest absolute Gasteiger partial charge is 0.326 e. The molecule has 140 valence electrons. The maximum Gasteiger partial charge on any atom is 0.243 e. The van der Waals surface area contributed by atoms with Crippen molar-refractivity contribution in [3.8, 4) is 0 Å². The van der Waals surface area contributed by atoms with E-state index in [1.165, 1.54) is 0 Å². The molecule has 0 spiro atoms. The molecule has 1 aromatic rings. The molecule has 0 aliphatic carbocycles. The topological polar surface area (TPSA) is 66.5 Å². The van der Waals surface area contributed by atoms with Crippen molar-refractivity contribution >= 4 is 21.6 Å². The van der Waals surface area contributed by atoms with Crippen molar-refractivity contribution in [3.05, 3.63) is 24.3 Å². The Morgan fingerprint density at radius 1 is 1.20 bits per heavy atom. The van der Waals surface area contributed by atoms with Gasteiger partial charge >= 0.3 is 0 Å². The first-order chi connectivity index (χ1) is 11.7. The van der Waals surface area contributed by atoms with Crippen LogP contribution in [0.15, 0.2) is 29.2 Å². The first-order valence-corrected chi connectivity index (χ1v) is 10.6. The zero-order chi connectivity index (χ0) is 18.6. The first kappa shape index (κ1) is 19.9. The fourth-order valence-electron chi connectivity index (χ4n) is 3.49. The highest BCUT2D eigenvalue weighted by Gasteiger charge is 2.31. The number of amides is 1. The third-order valence-electron chi connectivity index (χ3n) is 4.76. The average Bonchev–Trinajstić information content (AvgIpc) is 2.54. The molecular formula is C19H30N2O3S. The molecule has 2 rings (SSSR count). The zero-order valence-electron chi connectivity index (χ0n) is 15.7. The second-order valence-electron chi connectivity index (χ2n) is 7.47. The van der Waals surface area contributed by atoms with Gasteiger partial charge in [0.15, 0.2) is 0 Å². The molecule has 6 heteroatoms. The quantitative estimate of drug-likeness (QED) is 0.834. The summed E-state index contributed by atoms with van der Waals surface area (Å²) in [7, 11) is -3.48. The molecule has 1 fully saturated rings. The highest BCUT2D eigenvalue weighted by Crippen LogP contribution is 2.27. The van der Waals surface area contributed by atoms with Gasteiger partial charge in [0.1, 0.15) is 0 Å². The molecule has 0 bridgehead atoms. The van der Waals surface area contributed by atoms with Gasteiger partial charge in [-0.05, 0) is 48.9 Å². The van der Waals surface area contributed by atoms with E-state index >= 15 is 0 Å². The summed E-state index contributed by atoms with van der Waals surface area (Å²) in [4.78, 5) is 12.4. The summed E-state index contributed by atoms with van der Waals surface area (Å²) in [6.45, 7) is 9.27. The first-order valence-electron chi connectivity index (χ1n) is 9.15. The van der Waals surface area contributed by atoms with Gasteiger partial charge in [-0.25, -0.2) is 8.42 Å². The number of rotatable bonds is 6. The fourth-order valence-corrected chi connectivity index (χ4v) is 5.17. The van der Waals surface area contributed by atoms with Crippen LogP contribution in [0.25, 0.3) is 0 Å². The summed E-state index contributed by atoms with van der Waals surface area (Å²) < 4.78 is 27.3. The van der Waals surface area contributed by atoms with Crippen molar-refractivity contribution < 1.29 is 13.2 Å². The lowest BCUT2D eigenvalue weighted by atomic mass is 9.94. The van der Waals surface area contributed by atoms with Gasteiger partial charge in [-0.2, -0.15) is 4.31 Å². The van der Waals surface area contributed by atoms with E-state index in [1.54, 1.807) is 28.6 Å². The molecule has 1 N–H and O–H groups in total. The van der Waals surface area contributed by atoms with Gasteiger partial charge in [-0.15, -0.1) is 0 Å². The fraction of sp³-hybridized carbons (Fsp3) is 0.632. The molecule has 3 atom stereocenters. The van der Waals surface area contributed by atoms with E-state index < -0.39 is 10.0 Å². The lowest BCUT2D eigenvalue weighted by molar-refractivity contribution is -0.119. The SMILES string of the molecule is CCCC(C)C(=O)Nc1ccc(S(=O)(=O)N2CC(C)CC(C)C2)cc1. The van der Waals surface area contributed by atoms with Crippen LogP contribution < -0.4 is 5.32 Å². The molecule has 1 aliphatic heterocycles. The lowest BCUT2D eigenvalue weighted by Gasteiger charge is -2.34. The molecule has 0 saturated carbocycles. The minimum atomic E-state index is -3.48. The molecule has 25 heavy (non-hydrogen) atoms. The van der Waals surface area contributed by atoms with Gasteiger partial charge in [-0.3, -0.25) is 4.79 Å². The van der Waals surface area contributed by atoms with E-state index in [4.69, 9.17) is 0 Å². The number of carbonyl (C=O) groups excluding carboxylic acids is 1. The molecule has 1 aromatic carbocycles. The molecule has 1 saturated heterocycles. The normalized spacial score (nSPS) is 23.2. The van der Waals surface area contributed by atoms with Gasteiger partial charge in [0, 0.05) is 24.7 Å². The maximum absolute atomic E-state index is 12.8. The molecule has 1 amide bonds. The van der Waals surface area contributed by atoms with Crippen LogP contribution in [0.5, 0.6) is 0 Å². The Hall–Kier alpha value is -1.40.